The number of ether oxygens (including phenoxy) is 8. The molecule has 29 nitrogen and oxygen atoms in total. The van der Waals surface area contributed by atoms with E-state index in [1.165, 1.54) is 81.3 Å². The summed E-state index contributed by atoms with van der Waals surface area (Å²) in [6.07, 6.45) is 16.9. The van der Waals surface area contributed by atoms with Crippen molar-refractivity contribution in [2.75, 3.05) is 63.9 Å². The molecule has 136 heavy (non-hydrogen) atoms. The van der Waals surface area contributed by atoms with Crippen LogP contribution in [0.25, 0.3) is 63.4 Å². The van der Waals surface area contributed by atoms with E-state index < -0.39 is 29.8 Å². The van der Waals surface area contributed by atoms with Gasteiger partial charge in [0, 0.05) is 85.1 Å². The highest BCUT2D eigenvalue weighted by molar-refractivity contribution is 6.10. The molecule has 12 aromatic rings. The Kier molecular flexibility index (Phi) is 31.6. The van der Waals surface area contributed by atoms with Crippen molar-refractivity contribution in [2.24, 2.45) is 0 Å². The summed E-state index contributed by atoms with van der Waals surface area (Å²) in [6.45, 7) is 6.96. The number of methoxy groups -OCH3 is 8. The summed E-state index contributed by atoms with van der Waals surface area (Å²) in [5, 5.41) is 52.3. The number of pyridine rings is 6. The Morgan fingerprint density at radius 1 is 0.368 bits per heavy atom. The maximum Gasteiger partial charge on any atom is 0.231 e. The third-order valence-electron chi connectivity index (χ3n) is 22.7. The number of nitrogens with zero attached hydrogens (tertiary/aromatic N) is 9. The molecule has 4 aliphatic rings. The number of aromatic nitrogens is 8. The van der Waals surface area contributed by atoms with Crippen LogP contribution >= 0.6 is 0 Å². The molecule has 1 unspecified atom stereocenters. The SMILES string of the molecule is COc1cc(/C=C2\c3ccc(F)nc3C(CC(=O)NCc3cccnc3)N2C)cc(OC)c1O.COc1cc(C=C2C(C)=C(CC(=O)NCc3ccccc3)c3nc(F)ccc32)cc(OC)c1O.COc1cc(C=C2C(C)=C(CC(=O)NCc3ccccn3)c3cc(F)ncc32)cc(OC)c1O.COc1cc(C=C2C(C)=C(CC(=O)NCc3ccccn3)c3nc(F)cnc32)cc(OC)c1O. The minimum Gasteiger partial charge on any atom is -0.502 e. The van der Waals surface area contributed by atoms with Gasteiger partial charge in [0.2, 0.25) is 70.4 Å². The van der Waals surface area contributed by atoms with Gasteiger partial charge in [-0.15, -0.1) is 0 Å². The highest BCUT2D eigenvalue weighted by atomic mass is 19.1. The number of fused-ring (bicyclic) bond motifs is 4. The van der Waals surface area contributed by atoms with Crippen LogP contribution in [0.3, 0.4) is 0 Å². The van der Waals surface area contributed by atoms with Crippen molar-refractivity contribution in [2.45, 2.75) is 78.7 Å². The average molecular weight is 1850 g/mol. The minimum absolute atomic E-state index is 0.00333. The van der Waals surface area contributed by atoms with Crippen LogP contribution in [-0.4, -0.2) is 153 Å². The lowest BCUT2D eigenvalue weighted by molar-refractivity contribution is -0.122. The van der Waals surface area contributed by atoms with E-state index in [0.29, 0.717) is 86.9 Å². The number of hydrogen-bond donors (Lipinski definition) is 8. The van der Waals surface area contributed by atoms with E-state index in [4.69, 9.17) is 37.9 Å². The zero-order valence-corrected chi connectivity index (χ0v) is 76.2. The Hall–Kier alpha value is -16.7. The standard InChI is InChI=1S/C27H25FN2O4.C26H24FN3O4.C25H25FN4O4.C25H23FN4O4/c1-16-20(11-18-12-22(33-2)27(32)23(13-18)34-3)19-9-10-24(28)30-26(19)21(16)14-25(31)29-15-17-7-5-4-6-8-17;1-15-18(8-16-9-22(33-2)26(32)23(10-16)34-3)21-14-29-24(27)11-20(21)19(15)12-25(31)30-13-17-6-4-5-7-28-17;1-30-18(9-16-10-20(33-2)25(32)21(11-16)34-3)17-6-7-22(26)29-24(17)19(30)12-23(31)28-14-15-5-4-8-27-13-15;1-14-17(8-15-9-19(33-2)25(32)20(10-15)34-3)23-24(30-21(26)13-29-23)18(14)11-22(31)28-12-16-6-4-5-7-27-16/h4-13,32H,14-15H2,1-3H3,(H,29,31);4-11,14,32H,12-13H2,1-3H3,(H,30,31);4-11,13,19,32H,12,14H2,1-3H3,(H,28,31);4-10,13,32H,11-12H2,1-3H3,(H,28,31)/b;;18-9+;. The quantitative estimate of drug-likeness (QED) is 0.0167. The summed E-state index contributed by atoms with van der Waals surface area (Å²) in [7, 11) is 13.4. The van der Waals surface area contributed by atoms with Gasteiger partial charge in [-0.1, -0.05) is 48.5 Å². The van der Waals surface area contributed by atoms with Gasteiger partial charge in [-0.25, -0.2) is 24.9 Å². The smallest absolute Gasteiger partial charge is 0.231 e. The van der Waals surface area contributed by atoms with Crippen molar-refractivity contribution in [1.82, 2.24) is 66.0 Å². The fourth-order valence-electron chi connectivity index (χ4n) is 15.7. The second-order valence-corrected chi connectivity index (χ2v) is 31.1. The van der Waals surface area contributed by atoms with Gasteiger partial charge in [-0.05, 0) is 232 Å². The number of rotatable bonds is 28. The number of halogens is 4. The van der Waals surface area contributed by atoms with Gasteiger partial charge in [0.05, 0.1) is 142 Å². The third-order valence-corrected chi connectivity index (χ3v) is 22.7. The molecule has 7 aromatic heterocycles. The number of benzene rings is 5. The zero-order chi connectivity index (χ0) is 97.0. The normalized spacial score (nSPS) is 14.2. The van der Waals surface area contributed by atoms with Crippen LogP contribution in [0.2, 0.25) is 0 Å². The van der Waals surface area contributed by atoms with E-state index in [2.05, 4.69) is 61.1 Å². The van der Waals surface area contributed by atoms with E-state index in [9.17, 15) is 57.2 Å². The molecule has 698 valence electrons. The zero-order valence-electron chi connectivity index (χ0n) is 76.2. The molecule has 0 radical (unpaired) electrons. The molecule has 5 aromatic carbocycles. The van der Waals surface area contributed by atoms with Crippen LogP contribution < -0.4 is 59.2 Å². The molecule has 0 saturated heterocycles. The van der Waals surface area contributed by atoms with Crippen molar-refractivity contribution >= 4 is 87.1 Å². The molecule has 16 rings (SSSR count). The lowest BCUT2D eigenvalue weighted by Gasteiger charge is -2.23. The summed E-state index contributed by atoms with van der Waals surface area (Å²) in [4.78, 5) is 85.5. The molecular weight excluding hydrogens is 1750 g/mol. The van der Waals surface area contributed by atoms with Crippen molar-refractivity contribution in [3.8, 4) is 69.0 Å². The molecule has 1 aliphatic heterocycles. The average Bonchev–Trinajstić information content (AvgIpc) is 1.64. The molecule has 0 bridgehead atoms. The summed E-state index contributed by atoms with van der Waals surface area (Å²) in [6, 6.07) is 44.4. The van der Waals surface area contributed by atoms with Gasteiger partial charge in [-0.3, -0.25) is 34.1 Å². The number of carbonyl (C=O) groups excluding carboxylic acids is 4. The number of aromatic hydroxyl groups is 4. The lowest BCUT2D eigenvalue weighted by atomic mass is 10.0. The first kappa shape index (κ1) is 96.8. The van der Waals surface area contributed by atoms with E-state index in [0.717, 1.165) is 84.5 Å². The third kappa shape index (κ3) is 22.9. The van der Waals surface area contributed by atoms with E-state index in [1.807, 2.05) is 124 Å². The lowest BCUT2D eigenvalue weighted by Crippen LogP contribution is -2.28. The highest BCUT2D eigenvalue weighted by Gasteiger charge is 2.37. The van der Waals surface area contributed by atoms with Crippen LogP contribution in [0.1, 0.15) is 142 Å². The number of allylic oxidation sites excluding steroid dienone is 6. The molecule has 0 spiro atoms. The number of phenolic OH excluding ortho intramolecular Hbond substituents is 4. The van der Waals surface area contributed by atoms with Crippen molar-refractivity contribution in [3.63, 3.8) is 0 Å². The maximum absolute atomic E-state index is 14.1. The van der Waals surface area contributed by atoms with E-state index in [1.54, 1.807) is 97.6 Å². The first-order chi connectivity index (χ1) is 65.6. The Morgan fingerprint density at radius 2 is 0.779 bits per heavy atom. The molecule has 0 saturated carbocycles. The second-order valence-electron chi connectivity index (χ2n) is 31.1. The Labute approximate surface area is 781 Å². The Balaban J connectivity index is 0.000000153. The summed E-state index contributed by atoms with van der Waals surface area (Å²) in [5.74, 6) is -1.71. The molecule has 3 aliphatic carbocycles. The monoisotopic (exact) mass is 1850 g/mol. The number of carbonyl (C=O) groups is 4. The highest BCUT2D eigenvalue weighted by Crippen LogP contribution is 2.50. The number of hydrogen-bond acceptors (Lipinski definition) is 25. The Bertz CT molecular complexity index is 6150. The summed E-state index contributed by atoms with van der Waals surface area (Å²) < 4.78 is 98.1. The molecule has 8 heterocycles. The van der Waals surface area contributed by atoms with Crippen LogP contribution in [0, 0.1) is 23.8 Å². The fraction of sp³-hybridized carbons (Fsp3) is 0.204. The van der Waals surface area contributed by atoms with Crippen molar-refractivity contribution in [1.29, 1.82) is 0 Å². The van der Waals surface area contributed by atoms with Gasteiger partial charge in [0.25, 0.3) is 0 Å². The van der Waals surface area contributed by atoms with Crippen LogP contribution in [0.4, 0.5) is 17.6 Å². The molecule has 0 fully saturated rings. The van der Waals surface area contributed by atoms with Gasteiger partial charge < -0.3 is 84.5 Å². The molecule has 8 N–H and O–H groups in total. The number of phenols is 4. The molecular formula is C103H97F4N13O16. The Morgan fingerprint density at radius 3 is 1.26 bits per heavy atom. The van der Waals surface area contributed by atoms with Gasteiger partial charge in [0.15, 0.2) is 46.0 Å². The van der Waals surface area contributed by atoms with Crippen LogP contribution in [0.5, 0.6) is 69.0 Å². The fourth-order valence-corrected chi connectivity index (χ4v) is 15.7. The van der Waals surface area contributed by atoms with Crippen molar-refractivity contribution in [3.05, 3.63) is 325 Å². The van der Waals surface area contributed by atoms with Gasteiger partial charge in [0.1, 0.15) is 0 Å². The number of nitrogens with one attached hydrogen (secondary N) is 4. The van der Waals surface area contributed by atoms with E-state index >= 15 is 0 Å². The topological polar surface area (TPSA) is 378 Å². The van der Waals surface area contributed by atoms with E-state index in [-0.39, 0.29) is 125 Å². The second kappa shape index (κ2) is 44.5. The number of amides is 4. The first-order valence-electron chi connectivity index (χ1n) is 42.5. The predicted octanol–water partition coefficient (Wildman–Crippen LogP) is 16.6. The summed E-state index contributed by atoms with van der Waals surface area (Å²) in [5.41, 5.74) is 18.1. The largest absolute Gasteiger partial charge is 0.502 e. The molecule has 4 amide bonds. The maximum atomic E-state index is 14.1. The predicted molar refractivity (Wildman–Crippen MR) is 504 cm³/mol. The van der Waals surface area contributed by atoms with Gasteiger partial charge >= 0.3 is 0 Å². The summed E-state index contributed by atoms with van der Waals surface area (Å²) >= 11 is 0. The van der Waals surface area contributed by atoms with Gasteiger partial charge in [-0.2, -0.15) is 17.6 Å². The first-order valence-corrected chi connectivity index (χ1v) is 42.5. The van der Waals surface area contributed by atoms with Crippen LogP contribution in [0.15, 0.2) is 212 Å². The molecule has 1 atom stereocenters. The van der Waals surface area contributed by atoms with Crippen molar-refractivity contribution < 1.29 is 95.1 Å². The van der Waals surface area contributed by atoms with Crippen LogP contribution in [-0.2, 0) is 45.4 Å². The minimum atomic E-state index is -0.729. The molecule has 33 heteroatoms.